The van der Waals surface area contributed by atoms with E-state index in [2.05, 4.69) is 4.98 Å². The molecule has 0 bridgehead atoms. The first kappa shape index (κ1) is 8.64. The lowest BCUT2D eigenvalue weighted by molar-refractivity contribution is 0.138. The first-order valence-corrected chi connectivity index (χ1v) is 4.30. The van der Waals surface area contributed by atoms with Crippen molar-refractivity contribution < 1.29 is 5.11 Å². The zero-order chi connectivity index (χ0) is 8.27. The molecule has 62 valence electrons. The summed E-state index contributed by atoms with van der Waals surface area (Å²) in [4.78, 5) is 5.95. The van der Waals surface area contributed by atoms with Gasteiger partial charge in [-0.05, 0) is 14.1 Å². The van der Waals surface area contributed by atoms with Crippen LogP contribution in [0.1, 0.15) is 11.1 Å². The van der Waals surface area contributed by atoms with Crippen LogP contribution in [0.5, 0.6) is 0 Å². The predicted molar refractivity (Wildman–Crippen MR) is 45.6 cm³/mol. The van der Waals surface area contributed by atoms with Crippen molar-refractivity contribution in [2.24, 2.45) is 0 Å². The average Bonchev–Trinajstić information content (AvgIpc) is 2.35. The van der Waals surface area contributed by atoms with Crippen LogP contribution in [0.2, 0.25) is 0 Å². The molecule has 0 amide bonds. The van der Waals surface area contributed by atoms with Gasteiger partial charge in [-0.1, -0.05) is 0 Å². The molecule has 1 unspecified atom stereocenters. The van der Waals surface area contributed by atoms with Gasteiger partial charge < -0.3 is 10.0 Å². The molecule has 0 aliphatic rings. The zero-order valence-electron chi connectivity index (χ0n) is 6.69. The molecular weight excluding hydrogens is 160 g/mol. The number of thiazole rings is 1. The first-order chi connectivity index (χ1) is 5.20. The summed E-state index contributed by atoms with van der Waals surface area (Å²) in [6, 6.07) is 0. The second-order valence-corrected chi connectivity index (χ2v) is 3.57. The topological polar surface area (TPSA) is 36.4 Å². The van der Waals surface area contributed by atoms with E-state index < -0.39 is 6.10 Å². The van der Waals surface area contributed by atoms with Gasteiger partial charge in [0.25, 0.3) is 0 Å². The van der Waals surface area contributed by atoms with Crippen LogP contribution in [0.4, 0.5) is 0 Å². The minimum Gasteiger partial charge on any atom is -0.385 e. The molecule has 1 atom stereocenters. The maximum Gasteiger partial charge on any atom is 0.122 e. The van der Waals surface area contributed by atoms with Crippen LogP contribution in [0.3, 0.4) is 0 Å². The highest BCUT2D eigenvalue weighted by Gasteiger charge is 2.09. The first-order valence-electron chi connectivity index (χ1n) is 3.42. The highest BCUT2D eigenvalue weighted by atomic mass is 32.1. The van der Waals surface area contributed by atoms with Gasteiger partial charge in [0.2, 0.25) is 0 Å². The maximum absolute atomic E-state index is 9.49. The van der Waals surface area contributed by atoms with Crippen LogP contribution in [-0.2, 0) is 0 Å². The molecule has 11 heavy (non-hydrogen) atoms. The molecule has 0 saturated heterocycles. The summed E-state index contributed by atoms with van der Waals surface area (Å²) in [5, 5.41) is 12.1. The molecule has 0 aliphatic carbocycles. The minimum atomic E-state index is -0.440. The number of aliphatic hydroxyl groups excluding tert-OH is 1. The third kappa shape index (κ3) is 2.57. The summed E-state index contributed by atoms with van der Waals surface area (Å²) in [6.45, 7) is 0.632. The number of nitrogens with zero attached hydrogens (tertiary/aromatic N) is 2. The molecule has 1 N–H and O–H groups in total. The van der Waals surface area contributed by atoms with Crippen molar-refractivity contribution in [2.45, 2.75) is 6.10 Å². The Bertz CT molecular complexity index is 198. The summed E-state index contributed by atoms with van der Waals surface area (Å²) in [5.41, 5.74) is 0. The van der Waals surface area contributed by atoms with E-state index in [0.717, 1.165) is 5.01 Å². The second-order valence-electron chi connectivity index (χ2n) is 2.65. The number of hydrogen-bond donors (Lipinski definition) is 1. The van der Waals surface area contributed by atoms with E-state index in [0.29, 0.717) is 6.54 Å². The Morgan fingerprint density at radius 1 is 1.73 bits per heavy atom. The lowest BCUT2D eigenvalue weighted by atomic mass is 10.3. The lowest BCUT2D eigenvalue weighted by Crippen LogP contribution is -2.19. The van der Waals surface area contributed by atoms with E-state index in [1.165, 1.54) is 11.3 Å². The van der Waals surface area contributed by atoms with Crippen molar-refractivity contribution >= 4 is 11.3 Å². The molecule has 0 radical (unpaired) electrons. The second kappa shape index (κ2) is 3.80. The van der Waals surface area contributed by atoms with Crippen LogP contribution in [0.15, 0.2) is 11.6 Å². The normalized spacial score (nSPS) is 13.8. The molecule has 3 nitrogen and oxygen atoms in total. The van der Waals surface area contributed by atoms with Crippen molar-refractivity contribution in [3.05, 3.63) is 16.6 Å². The number of hydrogen-bond acceptors (Lipinski definition) is 4. The largest absolute Gasteiger partial charge is 0.385 e. The number of aromatic nitrogens is 1. The van der Waals surface area contributed by atoms with Gasteiger partial charge in [-0.2, -0.15) is 0 Å². The molecular formula is C7H12N2OS. The van der Waals surface area contributed by atoms with Crippen LogP contribution in [0, 0.1) is 0 Å². The van der Waals surface area contributed by atoms with Gasteiger partial charge >= 0.3 is 0 Å². The summed E-state index contributed by atoms with van der Waals surface area (Å²) in [6.07, 6.45) is 1.27. The molecule has 0 saturated carbocycles. The summed E-state index contributed by atoms with van der Waals surface area (Å²) in [5.74, 6) is 0. The Labute approximate surface area is 70.3 Å². The molecule has 0 aromatic carbocycles. The van der Waals surface area contributed by atoms with Crippen LogP contribution < -0.4 is 0 Å². The molecule has 0 spiro atoms. The van der Waals surface area contributed by atoms with E-state index in [1.807, 2.05) is 24.4 Å². The standard InChI is InChI=1S/C7H12N2OS/c1-9(2)5-6(10)7-8-3-4-11-7/h3-4,6,10H,5H2,1-2H3. The molecule has 1 heterocycles. The monoisotopic (exact) mass is 172 g/mol. The lowest BCUT2D eigenvalue weighted by Gasteiger charge is -2.12. The summed E-state index contributed by atoms with van der Waals surface area (Å²) < 4.78 is 0. The van der Waals surface area contributed by atoms with Gasteiger partial charge in [0.05, 0.1) is 0 Å². The fourth-order valence-corrected chi connectivity index (χ4v) is 1.44. The Balaban J connectivity index is 2.49. The maximum atomic E-state index is 9.49. The highest BCUT2D eigenvalue weighted by molar-refractivity contribution is 7.09. The Morgan fingerprint density at radius 3 is 2.91 bits per heavy atom. The number of aliphatic hydroxyl groups is 1. The van der Waals surface area contributed by atoms with Gasteiger partial charge in [-0.3, -0.25) is 0 Å². The average molecular weight is 172 g/mol. The van der Waals surface area contributed by atoms with E-state index >= 15 is 0 Å². The summed E-state index contributed by atoms with van der Waals surface area (Å²) in [7, 11) is 3.85. The van der Waals surface area contributed by atoms with E-state index in [4.69, 9.17) is 0 Å². The highest BCUT2D eigenvalue weighted by Crippen LogP contribution is 2.15. The number of rotatable bonds is 3. The fraction of sp³-hybridized carbons (Fsp3) is 0.571. The van der Waals surface area contributed by atoms with Gasteiger partial charge in [0.15, 0.2) is 0 Å². The molecule has 0 aliphatic heterocycles. The third-order valence-corrected chi connectivity index (χ3v) is 2.15. The summed E-state index contributed by atoms with van der Waals surface area (Å²) >= 11 is 1.49. The van der Waals surface area contributed by atoms with Crippen molar-refractivity contribution in [3.63, 3.8) is 0 Å². The number of likely N-dealkylation sites (N-methyl/N-ethyl adjacent to an activating group) is 1. The Kier molecular flexibility index (Phi) is 2.99. The van der Waals surface area contributed by atoms with E-state index in [1.54, 1.807) is 6.20 Å². The molecule has 0 fully saturated rings. The van der Waals surface area contributed by atoms with Crippen molar-refractivity contribution in [2.75, 3.05) is 20.6 Å². The van der Waals surface area contributed by atoms with Gasteiger partial charge in [-0.25, -0.2) is 4.98 Å². The minimum absolute atomic E-state index is 0.440. The van der Waals surface area contributed by atoms with Crippen molar-refractivity contribution in [3.8, 4) is 0 Å². The van der Waals surface area contributed by atoms with Crippen LogP contribution >= 0.6 is 11.3 Å². The van der Waals surface area contributed by atoms with Gasteiger partial charge in [0, 0.05) is 18.1 Å². The van der Waals surface area contributed by atoms with Crippen molar-refractivity contribution in [1.82, 2.24) is 9.88 Å². The molecule has 1 rings (SSSR count). The smallest absolute Gasteiger partial charge is 0.122 e. The van der Waals surface area contributed by atoms with E-state index in [-0.39, 0.29) is 0 Å². The van der Waals surface area contributed by atoms with Gasteiger partial charge in [-0.15, -0.1) is 11.3 Å². The molecule has 4 heteroatoms. The molecule has 1 aromatic heterocycles. The predicted octanol–water partition coefficient (Wildman–Crippen LogP) is 0.738. The third-order valence-electron chi connectivity index (χ3n) is 1.27. The van der Waals surface area contributed by atoms with Crippen LogP contribution in [-0.4, -0.2) is 35.6 Å². The quantitative estimate of drug-likeness (QED) is 0.730. The fourth-order valence-electron chi connectivity index (χ4n) is 0.823. The molecule has 1 aromatic rings. The zero-order valence-corrected chi connectivity index (χ0v) is 7.51. The van der Waals surface area contributed by atoms with Crippen LogP contribution in [0.25, 0.3) is 0 Å². The van der Waals surface area contributed by atoms with E-state index in [9.17, 15) is 5.11 Å². The van der Waals surface area contributed by atoms with Crippen molar-refractivity contribution in [1.29, 1.82) is 0 Å². The van der Waals surface area contributed by atoms with Gasteiger partial charge in [0.1, 0.15) is 11.1 Å². The SMILES string of the molecule is CN(C)CC(O)c1nccs1. The Morgan fingerprint density at radius 2 is 2.45 bits per heavy atom. The Hall–Kier alpha value is -0.450.